The second-order valence-electron chi connectivity index (χ2n) is 3.85. The Hall–Kier alpha value is -1.64. The first kappa shape index (κ1) is 10.9. The van der Waals surface area contributed by atoms with Gasteiger partial charge in [0.1, 0.15) is 0 Å². The maximum atomic E-state index is 4.59. The van der Waals surface area contributed by atoms with Crippen LogP contribution in [0.4, 0.5) is 0 Å². The van der Waals surface area contributed by atoms with Gasteiger partial charge in [-0.15, -0.1) is 0 Å². The van der Waals surface area contributed by atoms with Crippen molar-refractivity contribution in [1.29, 1.82) is 0 Å². The molecular weight excluding hydrogens is 198 g/mol. The van der Waals surface area contributed by atoms with Gasteiger partial charge in [0, 0.05) is 18.1 Å². The van der Waals surface area contributed by atoms with Gasteiger partial charge in [0.2, 0.25) is 0 Å². The van der Waals surface area contributed by atoms with E-state index >= 15 is 0 Å². The zero-order valence-electron chi connectivity index (χ0n) is 9.85. The van der Waals surface area contributed by atoms with Crippen LogP contribution in [0.5, 0.6) is 0 Å². The molecule has 0 aromatic carbocycles. The molecule has 0 amide bonds. The molecule has 16 heavy (non-hydrogen) atoms. The van der Waals surface area contributed by atoms with Crippen molar-refractivity contribution in [3.05, 3.63) is 47.5 Å². The Morgan fingerprint density at radius 3 is 2.50 bits per heavy atom. The Kier molecular flexibility index (Phi) is 3.34. The molecule has 0 radical (unpaired) electrons. The van der Waals surface area contributed by atoms with E-state index in [2.05, 4.69) is 34.7 Å². The molecule has 0 bridgehead atoms. The van der Waals surface area contributed by atoms with Crippen LogP contribution >= 0.6 is 0 Å². The molecule has 0 unspecified atom stereocenters. The number of aryl methyl sites for hydroxylation is 2. The zero-order chi connectivity index (χ0) is 11.4. The summed E-state index contributed by atoms with van der Waals surface area (Å²) >= 11 is 0. The smallest absolute Gasteiger partial charge is 0.0663 e. The lowest BCUT2D eigenvalue weighted by Crippen LogP contribution is -2.05. The van der Waals surface area contributed by atoms with E-state index in [9.17, 15) is 0 Å². The summed E-state index contributed by atoms with van der Waals surface area (Å²) in [5.74, 6) is 0. The minimum atomic E-state index is 0.839. The van der Waals surface area contributed by atoms with Crippen molar-refractivity contribution in [3.8, 4) is 0 Å². The SMILES string of the molecule is CCc1cc(CC)n(Cc2ccncc2)n1. The average Bonchev–Trinajstić information content (AvgIpc) is 2.73. The molecule has 0 saturated carbocycles. The molecule has 3 heteroatoms. The summed E-state index contributed by atoms with van der Waals surface area (Å²) in [4.78, 5) is 4.02. The average molecular weight is 215 g/mol. The number of nitrogens with zero attached hydrogens (tertiary/aromatic N) is 3. The number of aromatic nitrogens is 3. The van der Waals surface area contributed by atoms with Crippen molar-refractivity contribution in [2.24, 2.45) is 0 Å². The van der Waals surface area contributed by atoms with Crippen LogP contribution in [0.2, 0.25) is 0 Å². The largest absolute Gasteiger partial charge is 0.265 e. The molecule has 3 nitrogen and oxygen atoms in total. The number of rotatable bonds is 4. The van der Waals surface area contributed by atoms with Crippen molar-refractivity contribution in [2.45, 2.75) is 33.2 Å². The highest BCUT2D eigenvalue weighted by Gasteiger charge is 2.05. The molecular formula is C13H17N3. The van der Waals surface area contributed by atoms with Gasteiger partial charge < -0.3 is 0 Å². The van der Waals surface area contributed by atoms with E-state index < -0.39 is 0 Å². The highest BCUT2D eigenvalue weighted by atomic mass is 15.3. The Morgan fingerprint density at radius 2 is 1.88 bits per heavy atom. The van der Waals surface area contributed by atoms with Gasteiger partial charge in [0.15, 0.2) is 0 Å². The number of hydrogen-bond donors (Lipinski definition) is 0. The van der Waals surface area contributed by atoms with Gasteiger partial charge in [-0.1, -0.05) is 13.8 Å². The monoisotopic (exact) mass is 215 g/mol. The highest BCUT2D eigenvalue weighted by Crippen LogP contribution is 2.09. The van der Waals surface area contributed by atoms with Crippen molar-refractivity contribution in [1.82, 2.24) is 14.8 Å². The molecule has 0 fully saturated rings. The van der Waals surface area contributed by atoms with Crippen LogP contribution < -0.4 is 0 Å². The van der Waals surface area contributed by atoms with Crippen molar-refractivity contribution in [2.75, 3.05) is 0 Å². The van der Waals surface area contributed by atoms with Crippen LogP contribution in [-0.4, -0.2) is 14.8 Å². The van der Waals surface area contributed by atoms with Crippen LogP contribution in [0.25, 0.3) is 0 Å². The van der Waals surface area contributed by atoms with Gasteiger partial charge >= 0.3 is 0 Å². The number of hydrogen-bond acceptors (Lipinski definition) is 2. The fourth-order valence-electron chi connectivity index (χ4n) is 1.77. The van der Waals surface area contributed by atoms with Crippen LogP contribution in [-0.2, 0) is 19.4 Å². The topological polar surface area (TPSA) is 30.7 Å². The quantitative estimate of drug-likeness (QED) is 0.784. The zero-order valence-corrected chi connectivity index (χ0v) is 9.85. The Morgan fingerprint density at radius 1 is 1.12 bits per heavy atom. The van der Waals surface area contributed by atoms with Crippen LogP contribution in [0.1, 0.15) is 30.8 Å². The van der Waals surface area contributed by atoms with Gasteiger partial charge in [-0.2, -0.15) is 5.10 Å². The van der Waals surface area contributed by atoms with E-state index in [4.69, 9.17) is 0 Å². The van der Waals surface area contributed by atoms with E-state index in [-0.39, 0.29) is 0 Å². The first-order chi connectivity index (χ1) is 7.83. The standard InChI is InChI=1S/C13H17N3/c1-3-12-9-13(4-2)16(15-12)10-11-5-7-14-8-6-11/h5-9H,3-4,10H2,1-2H3. The normalized spacial score (nSPS) is 10.6. The molecule has 0 aliphatic heterocycles. The van der Waals surface area contributed by atoms with E-state index in [0.717, 1.165) is 19.4 Å². The fourth-order valence-corrected chi connectivity index (χ4v) is 1.77. The van der Waals surface area contributed by atoms with Crippen molar-refractivity contribution >= 4 is 0 Å². The van der Waals surface area contributed by atoms with Crippen LogP contribution in [0.3, 0.4) is 0 Å². The molecule has 0 N–H and O–H groups in total. The minimum absolute atomic E-state index is 0.839. The third kappa shape index (κ3) is 2.30. The lowest BCUT2D eigenvalue weighted by atomic mass is 10.2. The van der Waals surface area contributed by atoms with Crippen molar-refractivity contribution in [3.63, 3.8) is 0 Å². The van der Waals surface area contributed by atoms with Gasteiger partial charge in [-0.3, -0.25) is 9.67 Å². The van der Waals surface area contributed by atoms with Gasteiger partial charge in [0.25, 0.3) is 0 Å². The van der Waals surface area contributed by atoms with Gasteiger partial charge in [-0.05, 0) is 36.6 Å². The Labute approximate surface area is 96.1 Å². The highest BCUT2D eigenvalue weighted by molar-refractivity contribution is 5.15. The molecule has 84 valence electrons. The van der Waals surface area contributed by atoms with E-state index in [1.165, 1.54) is 17.0 Å². The summed E-state index contributed by atoms with van der Waals surface area (Å²) in [5, 5.41) is 4.59. The van der Waals surface area contributed by atoms with Crippen LogP contribution in [0, 0.1) is 0 Å². The number of pyridine rings is 1. The molecule has 0 saturated heterocycles. The summed E-state index contributed by atoms with van der Waals surface area (Å²) in [7, 11) is 0. The predicted octanol–water partition coefficient (Wildman–Crippen LogP) is 2.45. The van der Waals surface area contributed by atoms with E-state index in [1.54, 1.807) is 0 Å². The third-order valence-corrected chi connectivity index (χ3v) is 2.72. The predicted molar refractivity (Wildman–Crippen MR) is 64.3 cm³/mol. The minimum Gasteiger partial charge on any atom is -0.265 e. The van der Waals surface area contributed by atoms with E-state index in [0.29, 0.717) is 0 Å². The fraction of sp³-hybridized carbons (Fsp3) is 0.385. The molecule has 2 heterocycles. The first-order valence-electron chi connectivity index (χ1n) is 5.78. The molecule has 0 aliphatic carbocycles. The lowest BCUT2D eigenvalue weighted by Gasteiger charge is -2.05. The summed E-state index contributed by atoms with van der Waals surface area (Å²) in [5.41, 5.74) is 3.72. The summed E-state index contributed by atoms with van der Waals surface area (Å²) in [6, 6.07) is 6.26. The summed E-state index contributed by atoms with van der Waals surface area (Å²) in [6.07, 6.45) is 5.67. The maximum Gasteiger partial charge on any atom is 0.0663 e. The Balaban J connectivity index is 2.23. The van der Waals surface area contributed by atoms with Crippen molar-refractivity contribution < 1.29 is 0 Å². The van der Waals surface area contributed by atoms with Gasteiger partial charge in [0.05, 0.1) is 12.2 Å². The first-order valence-corrected chi connectivity index (χ1v) is 5.78. The van der Waals surface area contributed by atoms with E-state index in [1.807, 2.05) is 24.5 Å². The second-order valence-corrected chi connectivity index (χ2v) is 3.85. The summed E-state index contributed by atoms with van der Waals surface area (Å²) in [6.45, 7) is 5.14. The molecule has 0 spiro atoms. The molecule has 0 aliphatic rings. The molecule has 2 aromatic rings. The lowest BCUT2D eigenvalue weighted by molar-refractivity contribution is 0.640. The van der Waals surface area contributed by atoms with Gasteiger partial charge in [-0.25, -0.2) is 0 Å². The molecule has 2 aromatic heterocycles. The molecule has 2 rings (SSSR count). The summed E-state index contributed by atoms with van der Waals surface area (Å²) < 4.78 is 2.09. The maximum absolute atomic E-state index is 4.59. The van der Waals surface area contributed by atoms with Crippen LogP contribution in [0.15, 0.2) is 30.6 Å². The Bertz CT molecular complexity index is 445. The second kappa shape index (κ2) is 4.92. The third-order valence-electron chi connectivity index (χ3n) is 2.72. The molecule has 0 atom stereocenters.